The van der Waals surface area contributed by atoms with Gasteiger partial charge in [-0.3, -0.25) is 0 Å². The van der Waals surface area contributed by atoms with Gasteiger partial charge in [-0.2, -0.15) is 13.2 Å². The number of ether oxygens (including phenoxy) is 1. The van der Waals surface area contributed by atoms with E-state index in [9.17, 15) is 21.6 Å². The molecule has 21 heavy (non-hydrogen) atoms. The first-order chi connectivity index (χ1) is 9.74. The van der Waals surface area contributed by atoms with Crippen molar-refractivity contribution in [3.8, 4) is 0 Å². The molecule has 0 spiro atoms. The summed E-state index contributed by atoms with van der Waals surface area (Å²) in [5.74, 6) is 0. The molecule has 1 aromatic heterocycles. The fourth-order valence-electron chi connectivity index (χ4n) is 1.94. The van der Waals surface area contributed by atoms with E-state index >= 15 is 0 Å². The number of thiazole rings is 1. The van der Waals surface area contributed by atoms with Gasteiger partial charge in [0.05, 0.1) is 12.6 Å². The van der Waals surface area contributed by atoms with Gasteiger partial charge in [-0.15, -0.1) is 11.3 Å². The summed E-state index contributed by atoms with van der Waals surface area (Å²) in [5.41, 5.74) is -0.996. The lowest BCUT2D eigenvalue weighted by molar-refractivity contribution is -0.140. The van der Waals surface area contributed by atoms with Gasteiger partial charge in [-0.25, -0.2) is 18.1 Å². The number of nitrogens with zero attached hydrogens (tertiary/aromatic N) is 1. The van der Waals surface area contributed by atoms with Crippen molar-refractivity contribution in [3.05, 3.63) is 16.1 Å². The summed E-state index contributed by atoms with van der Waals surface area (Å²) >= 11 is 0.803. The lowest BCUT2D eigenvalue weighted by atomic mass is 10.2. The van der Waals surface area contributed by atoms with E-state index in [0.29, 0.717) is 19.4 Å². The van der Waals surface area contributed by atoms with Crippen LogP contribution in [-0.4, -0.2) is 31.9 Å². The van der Waals surface area contributed by atoms with Gasteiger partial charge in [0.15, 0.2) is 5.69 Å². The Balaban J connectivity index is 2.14. The number of nitrogens with one attached hydrogen (secondary N) is 1. The molecule has 1 saturated heterocycles. The number of hydrogen-bond acceptors (Lipinski definition) is 5. The molecule has 0 radical (unpaired) electrons. The number of halogens is 3. The normalized spacial score (nSPS) is 21.6. The fraction of sp³-hybridized carbons (Fsp3) is 0.727. The van der Waals surface area contributed by atoms with Crippen LogP contribution < -0.4 is 4.72 Å². The van der Waals surface area contributed by atoms with Gasteiger partial charge in [0, 0.05) is 12.0 Å². The fourth-order valence-corrected chi connectivity index (χ4v) is 4.52. The Morgan fingerprint density at radius 3 is 2.76 bits per heavy atom. The number of hydrogen-bond donors (Lipinski definition) is 1. The Morgan fingerprint density at radius 2 is 2.29 bits per heavy atom. The predicted octanol–water partition coefficient (Wildman–Crippen LogP) is 2.32. The van der Waals surface area contributed by atoms with E-state index in [1.807, 2.05) is 0 Å². The number of alkyl halides is 3. The van der Waals surface area contributed by atoms with E-state index in [-0.39, 0.29) is 11.6 Å². The Labute approximate surface area is 124 Å². The maximum absolute atomic E-state index is 12.5. The van der Waals surface area contributed by atoms with Crippen LogP contribution in [0.15, 0.2) is 5.38 Å². The largest absolute Gasteiger partial charge is 0.434 e. The molecule has 1 aliphatic rings. The smallest absolute Gasteiger partial charge is 0.380 e. The van der Waals surface area contributed by atoms with Crippen molar-refractivity contribution >= 4 is 21.4 Å². The molecule has 1 fully saturated rings. The van der Waals surface area contributed by atoms with Crippen molar-refractivity contribution in [2.24, 2.45) is 0 Å². The summed E-state index contributed by atoms with van der Waals surface area (Å²) in [5, 5.41) is 0.353. The van der Waals surface area contributed by atoms with Crippen LogP contribution in [0.2, 0.25) is 0 Å². The van der Waals surface area contributed by atoms with E-state index < -0.39 is 33.2 Å². The molecular weight excluding hydrogens is 329 g/mol. The predicted molar refractivity (Wildman–Crippen MR) is 71.4 cm³/mol. The molecule has 1 N–H and O–H groups in total. The third-order valence-electron chi connectivity index (χ3n) is 3.15. The van der Waals surface area contributed by atoms with Gasteiger partial charge in [0.1, 0.15) is 10.3 Å². The van der Waals surface area contributed by atoms with Crippen molar-refractivity contribution in [2.45, 2.75) is 37.2 Å². The lowest BCUT2D eigenvalue weighted by Crippen LogP contribution is -2.37. The average molecular weight is 344 g/mol. The first kappa shape index (κ1) is 16.7. The second-order valence-electron chi connectivity index (χ2n) is 4.68. The third kappa shape index (κ3) is 3.93. The first-order valence-corrected chi connectivity index (χ1v) is 8.78. The van der Waals surface area contributed by atoms with Gasteiger partial charge in [0.25, 0.3) is 0 Å². The van der Waals surface area contributed by atoms with Crippen LogP contribution in [0, 0.1) is 0 Å². The highest BCUT2D eigenvalue weighted by atomic mass is 32.2. The van der Waals surface area contributed by atoms with Crippen LogP contribution >= 0.6 is 11.3 Å². The van der Waals surface area contributed by atoms with Crippen molar-refractivity contribution in [2.75, 3.05) is 13.2 Å². The SMILES string of the molecule is CC[C@@H](NS(=O)(=O)[C@@H]1CCOC1)c1nc(C(F)(F)F)cs1. The zero-order chi connectivity index (χ0) is 15.7. The number of sulfonamides is 1. The standard InChI is InChI=1S/C11H15F3N2O3S2/c1-2-8(10-15-9(6-20-10)11(12,13)14)16-21(17,18)7-3-4-19-5-7/h6-8,16H,2-5H2,1H3/t7-,8-/m1/s1. The van der Waals surface area contributed by atoms with Crippen LogP contribution in [-0.2, 0) is 20.9 Å². The van der Waals surface area contributed by atoms with Crippen molar-refractivity contribution < 1.29 is 26.3 Å². The van der Waals surface area contributed by atoms with Crippen LogP contribution in [0.5, 0.6) is 0 Å². The second kappa shape index (κ2) is 6.19. The molecule has 1 aromatic rings. The van der Waals surface area contributed by atoms with Crippen LogP contribution in [0.1, 0.15) is 36.5 Å². The number of rotatable bonds is 5. The van der Waals surface area contributed by atoms with Gasteiger partial charge in [0.2, 0.25) is 10.0 Å². The molecule has 0 aliphatic carbocycles. The number of aromatic nitrogens is 1. The van der Waals surface area contributed by atoms with E-state index in [1.54, 1.807) is 6.92 Å². The molecule has 0 aromatic carbocycles. The van der Waals surface area contributed by atoms with Crippen molar-refractivity contribution in [3.63, 3.8) is 0 Å². The Morgan fingerprint density at radius 1 is 1.57 bits per heavy atom. The van der Waals surface area contributed by atoms with Crippen molar-refractivity contribution in [1.82, 2.24) is 9.71 Å². The Hall–Kier alpha value is -0.710. The summed E-state index contributed by atoms with van der Waals surface area (Å²) in [7, 11) is -3.64. The third-order valence-corrected chi connectivity index (χ3v) is 5.97. The molecule has 0 amide bonds. The van der Waals surface area contributed by atoms with Gasteiger partial charge < -0.3 is 4.74 Å². The minimum atomic E-state index is -4.52. The first-order valence-electron chi connectivity index (χ1n) is 6.35. The van der Waals surface area contributed by atoms with Gasteiger partial charge in [-0.05, 0) is 12.8 Å². The average Bonchev–Trinajstić information content (AvgIpc) is 3.05. The van der Waals surface area contributed by atoms with E-state index in [2.05, 4.69) is 9.71 Å². The summed E-state index contributed by atoms with van der Waals surface area (Å²) in [6.45, 7) is 2.17. The topological polar surface area (TPSA) is 68.3 Å². The van der Waals surface area contributed by atoms with E-state index in [1.165, 1.54) is 0 Å². The highest BCUT2D eigenvalue weighted by Crippen LogP contribution is 2.32. The maximum atomic E-state index is 12.5. The van der Waals surface area contributed by atoms with Crippen LogP contribution in [0.4, 0.5) is 13.2 Å². The Bertz CT molecular complexity index is 580. The van der Waals surface area contributed by atoms with Crippen molar-refractivity contribution in [1.29, 1.82) is 0 Å². The molecule has 0 saturated carbocycles. The van der Waals surface area contributed by atoms with E-state index in [4.69, 9.17) is 4.74 Å². The highest BCUT2D eigenvalue weighted by molar-refractivity contribution is 7.90. The molecule has 5 nitrogen and oxygen atoms in total. The van der Waals surface area contributed by atoms with E-state index in [0.717, 1.165) is 16.7 Å². The van der Waals surface area contributed by atoms with Gasteiger partial charge in [-0.1, -0.05) is 6.92 Å². The molecule has 0 bridgehead atoms. The molecule has 0 unspecified atom stereocenters. The molecule has 1 aliphatic heterocycles. The zero-order valence-electron chi connectivity index (χ0n) is 11.2. The molecule has 2 rings (SSSR count). The summed E-state index contributed by atoms with van der Waals surface area (Å²) in [6, 6.07) is -0.753. The minimum absolute atomic E-state index is 0.109. The summed E-state index contributed by atoms with van der Waals surface area (Å²) in [6.07, 6.45) is -3.82. The molecule has 2 atom stereocenters. The second-order valence-corrected chi connectivity index (χ2v) is 7.56. The highest BCUT2D eigenvalue weighted by Gasteiger charge is 2.36. The molecule has 120 valence electrons. The summed E-state index contributed by atoms with van der Waals surface area (Å²) < 4.78 is 69.4. The van der Waals surface area contributed by atoms with Crippen LogP contribution in [0.3, 0.4) is 0 Å². The molecular formula is C11H15F3N2O3S2. The quantitative estimate of drug-likeness (QED) is 0.890. The van der Waals surface area contributed by atoms with Crippen LogP contribution in [0.25, 0.3) is 0 Å². The molecule has 2 heterocycles. The minimum Gasteiger partial charge on any atom is -0.380 e. The zero-order valence-corrected chi connectivity index (χ0v) is 12.8. The maximum Gasteiger partial charge on any atom is 0.434 e. The molecule has 10 heteroatoms. The monoisotopic (exact) mass is 344 g/mol. The summed E-state index contributed by atoms with van der Waals surface area (Å²) in [4.78, 5) is 3.50. The lowest BCUT2D eigenvalue weighted by Gasteiger charge is -2.17. The Kier molecular flexibility index (Phi) is 4.91. The van der Waals surface area contributed by atoms with Gasteiger partial charge >= 0.3 is 6.18 Å².